The Hall–Kier alpha value is -0.940. The van der Waals surface area contributed by atoms with E-state index in [1.165, 1.54) is 0 Å². The average Bonchev–Trinajstić information content (AvgIpc) is 2.89. The number of hydrogen-bond donors (Lipinski definition) is 1. The molecule has 5 heteroatoms. The molecule has 1 aliphatic carbocycles. The monoisotopic (exact) mass is 267 g/mol. The standard InChI is InChI=1S/C14H25N3O2/c1-3-17(4-2)10-9-13-15-14(19-16-13)11-5-7-12(18)8-6-11/h11-12,18H,3-10H2,1-2H3. The topological polar surface area (TPSA) is 62.4 Å². The Morgan fingerprint density at radius 1 is 1.21 bits per heavy atom. The molecule has 1 aliphatic rings. The first kappa shape index (κ1) is 14.5. The molecular weight excluding hydrogens is 242 g/mol. The van der Waals surface area contributed by atoms with Crippen LogP contribution < -0.4 is 0 Å². The van der Waals surface area contributed by atoms with E-state index in [1.54, 1.807) is 0 Å². The first-order valence-electron chi connectivity index (χ1n) is 7.45. The molecule has 1 heterocycles. The molecule has 1 aromatic heterocycles. The van der Waals surface area contributed by atoms with Crippen LogP contribution in [0.15, 0.2) is 4.52 Å². The fourth-order valence-electron chi connectivity index (χ4n) is 2.66. The van der Waals surface area contributed by atoms with E-state index in [0.29, 0.717) is 5.92 Å². The van der Waals surface area contributed by atoms with Crippen molar-refractivity contribution >= 4 is 0 Å². The highest BCUT2D eigenvalue weighted by Crippen LogP contribution is 2.31. The number of hydrogen-bond acceptors (Lipinski definition) is 5. The van der Waals surface area contributed by atoms with E-state index in [4.69, 9.17) is 4.52 Å². The zero-order valence-electron chi connectivity index (χ0n) is 12.0. The van der Waals surface area contributed by atoms with E-state index in [0.717, 1.165) is 63.5 Å². The van der Waals surface area contributed by atoms with Crippen molar-refractivity contribution in [1.29, 1.82) is 0 Å². The summed E-state index contributed by atoms with van der Waals surface area (Å²) in [7, 11) is 0. The Bertz CT molecular complexity index is 369. The van der Waals surface area contributed by atoms with Gasteiger partial charge in [-0.3, -0.25) is 0 Å². The number of nitrogens with zero attached hydrogens (tertiary/aromatic N) is 3. The molecule has 1 saturated carbocycles. The summed E-state index contributed by atoms with van der Waals surface area (Å²) in [6.07, 6.45) is 4.32. The van der Waals surface area contributed by atoms with Crippen LogP contribution >= 0.6 is 0 Å². The molecule has 0 bridgehead atoms. The van der Waals surface area contributed by atoms with Gasteiger partial charge in [-0.1, -0.05) is 19.0 Å². The highest BCUT2D eigenvalue weighted by atomic mass is 16.5. The van der Waals surface area contributed by atoms with Crippen LogP contribution in [0.25, 0.3) is 0 Å². The molecule has 108 valence electrons. The summed E-state index contributed by atoms with van der Waals surface area (Å²) in [5.74, 6) is 1.92. The Morgan fingerprint density at radius 2 is 1.89 bits per heavy atom. The van der Waals surface area contributed by atoms with Gasteiger partial charge < -0.3 is 14.5 Å². The molecule has 0 radical (unpaired) electrons. The molecule has 5 nitrogen and oxygen atoms in total. The number of aliphatic hydroxyl groups excluding tert-OH is 1. The van der Waals surface area contributed by atoms with Crippen LogP contribution in [0, 0.1) is 0 Å². The van der Waals surface area contributed by atoms with Crippen molar-refractivity contribution in [2.75, 3.05) is 19.6 Å². The lowest BCUT2D eigenvalue weighted by atomic mass is 9.87. The molecule has 0 unspecified atom stereocenters. The van der Waals surface area contributed by atoms with Crippen LogP contribution in [0.3, 0.4) is 0 Å². The van der Waals surface area contributed by atoms with E-state index in [-0.39, 0.29) is 6.10 Å². The summed E-state index contributed by atoms with van der Waals surface area (Å²) >= 11 is 0. The zero-order chi connectivity index (χ0) is 13.7. The maximum Gasteiger partial charge on any atom is 0.229 e. The molecule has 1 fully saturated rings. The quantitative estimate of drug-likeness (QED) is 0.854. The van der Waals surface area contributed by atoms with Gasteiger partial charge in [-0.2, -0.15) is 4.98 Å². The third-order valence-electron chi connectivity index (χ3n) is 4.08. The minimum absolute atomic E-state index is 0.138. The lowest BCUT2D eigenvalue weighted by molar-refractivity contribution is 0.116. The zero-order valence-corrected chi connectivity index (χ0v) is 12.0. The summed E-state index contributed by atoms with van der Waals surface area (Å²) < 4.78 is 5.38. The molecule has 0 aromatic carbocycles. The van der Waals surface area contributed by atoms with Crippen molar-refractivity contribution in [1.82, 2.24) is 15.0 Å². The van der Waals surface area contributed by atoms with Crippen LogP contribution in [0.2, 0.25) is 0 Å². The van der Waals surface area contributed by atoms with Gasteiger partial charge in [-0.25, -0.2) is 0 Å². The fraction of sp³-hybridized carbons (Fsp3) is 0.857. The van der Waals surface area contributed by atoms with Gasteiger partial charge in [-0.05, 0) is 38.8 Å². The summed E-state index contributed by atoms with van der Waals surface area (Å²) in [6.45, 7) is 7.43. The van der Waals surface area contributed by atoms with Crippen LogP contribution in [0.5, 0.6) is 0 Å². The van der Waals surface area contributed by atoms with E-state index in [1.807, 2.05) is 0 Å². The molecule has 0 saturated heterocycles. The normalized spacial score (nSPS) is 24.0. The molecule has 19 heavy (non-hydrogen) atoms. The maximum atomic E-state index is 9.51. The van der Waals surface area contributed by atoms with E-state index < -0.39 is 0 Å². The second kappa shape index (κ2) is 7.01. The first-order chi connectivity index (χ1) is 9.22. The Labute approximate surface area is 115 Å². The molecular formula is C14H25N3O2. The minimum Gasteiger partial charge on any atom is -0.393 e. The predicted octanol–water partition coefficient (Wildman–Crippen LogP) is 1.97. The van der Waals surface area contributed by atoms with Gasteiger partial charge in [0.05, 0.1) is 6.10 Å². The van der Waals surface area contributed by atoms with E-state index in [9.17, 15) is 5.11 Å². The van der Waals surface area contributed by atoms with Gasteiger partial charge in [0.1, 0.15) is 0 Å². The van der Waals surface area contributed by atoms with Gasteiger partial charge in [0.25, 0.3) is 0 Å². The van der Waals surface area contributed by atoms with Crippen molar-refractivity contribution in [2.24, 2.45) is 0 Å². The fourth-order valence-corrected chi connectivity index (χ4v) is 2.66. The lowest BCUT2D eigenvalue weighted by Gasteiger charge is -2.22. The number of aromatic nitrogens is 2. The minimum atomic E-state index is -0.138. The van der Waals surface area contributed by atoms with Crippen molar-refractivity contribution in [3.8, 4) is 0 Å². The Kier molecular flexibility index (Phi) is 5.34. The number of rotatable bonds is 6. The molecule has 2 rings (SSSR count). The van der Waals surface area contributed by atoms with E-state index >= 15 is 0 Å². The third-order valence-corrected chi connectivity index (χ3v) is 4.08. The van der Waals surface area contributed by atoms with Crippen molar-refractivity contribution < 1.29 is 9.63 Å². The summed E-state index contributed by atoms with van der Waals surface area (Å²) in [4.78, 5) is 6.87. The highest BCUT2D eigenvalue weighted by Gasteiger charge is 2.25. The molecule has 0 aliphatic heterocycles. The van der Waals surface area contributed by atoms with E-state index in [2.05, 4.69) is 28.9 Å². The lowest BCUT2D eigenvalue weighted by Crippen LogP contribution is -2.25. The van der Waals surface area contributed by atoms with Gasteiger partial charge in [0, 0.05) is 18.9 Å². The molecule has 1 aromatic rings. The van der Waals surface area contributed by atoms with Gasteiger partial charge in [0.2, 0.25) is 5.89 Å². The molecule has 1 N–H and O–H groups in total. The SMILES string of the molecule is CCN(CC)CCc1noc(C2CCC(O)CC2)n1. The Morgan fingerprint density at radius 3 is 2.53 bits per heavy atom. The van der Waals surface area contributed by atoms with Crippen LogP contribution in [-0.2, 0) is 6.42 Å². The second-order valence-corrected chi connectivity index (χ2v) is 5.33. The smallest absolute Gasteiger partial charge is 0.229 e. The second-order valence-electron chi connectivity index (χ2n) is 5.33. The van der Waals surface area contributed by atoms with Crippen molar-refractivity contribution in [3.05, 3.63) is 11.7 Å². The summed E-state index contributed by atoms with van der Waals surface area (Å²) in [6, 6.07) is 0. The average molecular weight is 267 g/mol. The Balaban J connectivity index is 1.85. The number of aliphatic hydroxyl groups is 1. The molecule has 0 spiro atoms. The predicted molar refractivity (Wildman–Crippen MR) is 73.0 cm³/mol. The summed E-state index contributed by atoms with van der Waals surface area (Å²) in [5.41, 5.74) is 0. The summed E-state index contributed by atoms with van der Waals surface area (Å²) in [5, 5.41) is 13.6. The first-order valence-corrected chi connectivity index (χ1v) is 7.45. The number of likely N-dealkylation sites (N-methyl/N-ethyl adjacent to an activating group) is 1. The van der Waals surface area contributed by atoms with Crippen LogP contribution in [0.4, 0.5) is 0 Å². The van der Waals surface area contributed by atoms with Gasteiger partial charge in [0.15, 0.2) is 5.82 Å². The molecule has 0 atom stereocenters. The molecule has 0 amide bonds. The van der Waals surface area contributed by atoms with Crippen molar-refractivity contribution in [2.45, 2.75) is 58.0 Å². The van der Waals surface area contributed by atoms with Crippen LogP contribution in [0.1, 0.15) is 57.2 Å². The maximum absolute atomic E-state index is 9.51. The van der Waals surface area contributed by atoms with Gasteiger partial charge in [-0.15, -0.1) is 0 Å². The van der Waals surface area contributed by atoms with Crippen molar-refractivity contribution in [3.63, 3.8) is 0 Å². The van der Waals surface area contributed by atoms with Crippen LogP contribution in [-0.4, -0.2) is 45.9 Å². The largest absolute Gasteiger partial charge is 0.393 e. The third kappa shape index (κ3) is 4.01. The highest BCUT2D eigenvalue weighted by molar-refractivity contribution is 4.96. The van der Waals surface area contributed by atoms with Gasteiger partial charge >= 0.3 is 0 Å².